The van der Waals surface area contributed by atoms with Crippen molar-refractivity contribution in [3.63, 3.8) is 0 Å². The average Bonchev–Trinajstić information content (AvgIpc) is 2.79. The van der Waals surface area contributed by atoms with Gasteiger partial charge in [-0.3, -0.25) is 4.79 Å². The van der Waals surface area contributed by atoms with Crippen LogP contribution in [0.2, 0.25) is 0 Å². The summed E-state index contributed by atoms with van der Waals surface area (Å²) in [7, 11) is -3.47. The summed E-state index contributed by atoms with van der Waals surface area (Å²) in [5, 5.41) is 5.71. The van der Waals surface area contributed by atoms with Crippen molar-refractivity contribution in [3.8, 4) is 0 Å². The van der Waals surface area contributed by atoms with Crippen LogP contribution < -0.4 is 10.6 Å². The Hall–Kier alpha value is -2.91. The minimum absolute atomic E-state index is 0.0118. The Morgan fingerprint density at radius 3 is 2.16 bits per heavy atom. The van der Waals surface area contributed by atoms with Crippen LogP contribution in [0.3, 0.4) is 0 Å². The molecule has 166 valence electrons. The Labute approximate surface area is 182 Å². The van der Waals surface area contributed by atoms with Crippen molar-refractivity contribution in [2.75, 3.05) is 36.9 Å². The van der Waals surface area contributed by atoms with Crippen LogP contribution in [0.4, 0.5) is 11.4 Å². The lowest BCUT2D eigenvalue weighted by molar-refractivity contribution is -0.114. The van der Waals surface area contributed by atoms with E-state index in [0.29, 0.717) is 36.6 Å². The monoisotopic (exact) mass is 445 g/mol. The molecule has 8 nitrogen and oxygen atoms in total. The summed E-state index contributed by atoms with van der Waals surface area (Å²) < 4.78 is 31.8. The summed E-state index contributed by atoms with van der Waals surface area (Å²) in [5.41, 5.74) is 1.62. The van der Waals surface area contributed by atoms with Crippen LogP contribution in [0.15, 0.2) is 53.4 Å². The van der Waals surface area contributed by atoms with Crippen molar-refractivity contribution >= 4 is 33.3 Å². The molecule has 1 heterocycles. The largest absolute Gasteiger partial charge is 0.462 e. The number of hydrogen-bond donors (Lipinski definition) is 2. The highest BCUT2D eigenvalue weighted by Gasteiger charge is 2.25. The number of benzene rings is 2. The molecule has 31 heavy (non-hydrogen) atoms. The number of anilines is 2. The number of hydrogen-bond acceptors (Lipinski definition) is 6. The van der Waals surface area contributed by atoms with Crippen molar-refractivity contribution in [3.05, 3.63) is 54.1 Å². The number of carbonyl (C=O) groups excluding carboxylic acids is 2. The van der Waals surface area contributed by atoms with Gasteiger partial charge in [0.2, 0.25) is 15.9 Å². The number of amides is 1. The van der Waals surface area contributed by atoms with Crippen molar-refractivity contribution in [2.45, 2.75) is 31.1 Å². The number of nitrogens with one attached hydrogen (secondary N) is 2. The van der Waals surface area contributed by atoms with Crippen molar-refractivity contribution in [2.24, 2.45) is 0 Å². The third-order valence-electron chi connectivity index (χ3n) is 4.94. The maximum absolute atomic E-state index is 12.7. The van der Waals surface area contributed by atoms with Gasteiger partial charge in [-0.1, -0.05) is 6.42 Å². The summed E-state index contributed by atoms with van der Waals surface area (Å²) in [4.78, 5) is 24.1. The van der Waals surface area contributed by atoms with Gasteiger partial charge in [0.25, 0.3) is 0 Å². The minimum Gasteiger partial charge on any atom is -0.462 e. The van der Waals surface area contributed by atoms with Gasteiger partial charge < -0.3 is 15.4 Å². The Balaban J connectivity index is 1.52. The van der Waals surface area contributed by atoms with Crippen LogP contribution in [-0.4, -0.2) is 50.8 Å². The first-order valence-corrected chi connectivity index (χ1v) is 11.8. The van der Waals surface area contributed by atoms with Crippen LogP contribution in [0.5, 0.6) is 0 Å². The molecule has 2 aromatic rings. The molecular formula is C22H27N3O5S. The SMILES string of the molecule is CCOC(=O)c1ccc(NC(=O)CNc2ccc(S(=O)(=O)N3CCCCC3)cc2)cc1. The van der Waals surface area contributed by atoms with Gasteiger partial charge in [0, 0.05) is 24.5 Å². The molecule has 1 aliphatic heterocycles. The summed E-state index contributed by atoms with van der Waals surface area (Å²) in [5.74, 6) is -0.679. The van der Waals surface area contributed by atoms with E-state index in [2.05, 4.69) is 10.6 Å². The van der Waals surface area contributed by atoms with Crippen LogP contribution in [0.1, 0.15) is 36.5 Å². The molecule has 1 aliphatic rings. The zero-order chi connectivity index (χ0) is 22.3. The number of esters is 1. The lowest BCUT2D eigenvalue weighted by Crippen LogP contribution is -2.35. The van der Waals surface area contributed by atoms with E-state index in [4.69, 9.17) is 4.74 Å². The predicted molar refractivity (Wildman–Crippen MR) is 119 cm³/mol. The van der Waals surface area contributed by atoms with Crippen molar-refractivity contribution < 1.29 is 22.7 Å². The molecule has 1 saturated heterocycles. The van der Waals surface area contributed by atoms with Crippen molar-refractivity contribution in [1.82, 2.24) is 4.31 Å². The van der Waals surface area contributed by atoms with Gasteiger partial charge in [0.1, 0.15) is 0 Å². The Kier molecular flexibility index (Phi) is 7.64. The quantitative estimate of drug-likeness (QED) is 0.605. The van der Waals surface area contributed by atoms with Gasteiger partial charge >= 0.3 is 5.97 Å². The molecule has 0 unspecified atom stereocenters. The zero-order valence-electron chi connectivity index (χ0n) is 17.5. The molecule has 1 amide bonds. The molecule has 1 fully saturated rings. The molecule has 0 radical (unpaired) electrons. The molecule has 3 rings (SSSR count). The van der Waals surface area contributed by atoms with Gasteiger partial charge in [0.15, 0.2) is 0 Å². The molecule has 0 aromatic heterocycles. The van der Waals surface area contributed by atoms with E-state index in [1.807, 2.05) is 0 Å². The first kappa shape index (κ1) is 22.8. The van der Waals surface area contributed by atoms with Crippen LogP contribution >= 0.6 is 0 Å². The van der Waals surface area contributed by atoms with Crippen LogP contribution in [0.25, 0.3) is 0 Å². The maximum atomic E-state index is 12.7. The molecular weight excluding hydrogens is 418 g/mol. The van der Waals surface area contributed by atoms with E-state index in [1.165, 1.54) is 4.31 Å². The number of nitrogens with zero attached hydrogens (tertiary/aromatic N) is 1. The van der Waals surface area contributed by atoms with Gasteiger partial charge in [-0.25, -0.2) is 13.2 Å². The number of rotatable bonds is 8. The maximum Gasteiger partial charge on any atom is 0.338 e. The number of carbonyl (C=O) groups is 2. The van der Waals surface area contributed by atoms with Gasteiger partial charge in [0.05, 0.1) is 23.6 Å². The van der Waals surface area contributed by atoms with Gasteiger partial charge in [-0.15, -0.1) is 0 Å². The fraction of sp³-hybridized carbons (Fsp3) is 0.364. The fourth-order valence-electron chi connectivity index (χ4n) is 3.29. The number of ether oxygens (including phenoxy) is 1. The summed E-state index contributed by atoms with van der Waals surface area (Å²) in [6.07, 6.45) is 2.84. The smallest absolute Gasteiger partial charge is 0.338 e. The number of sulfonamides is 1. The fourth-order valence-corrected chi connectivity index (χ4v) is 4.81. The molecule has 0 spiro atoms. The van der Waals surface area contributed by atoms with E-state index in [-0.39, 0.29) is 17.3 Å². The topological polar surface area (TPSA) is 105 Å². The van der Waals surface area contributed by atoms with Gasteiger partial charge in [-0.05, 0) is 68.3 Å². The first-order chi connectivity index (χ1) is 14.9. The lowest BCUT2D eigenvalue weighted by atomic mass is 10.2. The normalized spacial score (nSPS) is 14.6. The third kappa shape index (κ3) is 6.05. The predicted octanol–water partition coefficient (Wildman–Crippen LogP) is 3.09. The zero-order valence-corrected chi connectivity index (χ0v) is 18.3. The van der Waals surface area contributed by atoms with Crippen LogP contribution in [-0.2, 0) is 19.6 Å². The summed E-state index contributed by atoms with van der Waals surface area (Å²) in [6, 6.07) is 12.8. The Bertz CT molecular complexity index is 998. The molecule has 0 bridgehead atoms. The molecule has 0 atom stereocenters. The second kappa shape index (κ2) is 10.4. The van der Waals surface area contributed by atoms with E-state index in [9.17, 15) is 18.0 Å². The highest BCUT2D eigenvalue weighted by molar-refractivity contribution is 7.89. The molecule has 9 heteroatoms. The van der Waals surface area contributed by atoms with E-state index in [0.717, 1.165) is 19.3 Å². The molecule has 0 aliphatic carbocycles. The first-order valence-electron chi connectivity index (χ1n) is 10.3. The van der Waals surface area contributed by atoms with Gasteiger partial charge in [-0.2, -0.15) is 4.31 Å². The lowest BCUT2D eigenvalue weighted by Gasteiger charge is -2.25. The highest BCUT2D eigenvalue weighted by atomic mass is 32.2. The van der Waals surface area contributed by atoms with Crippen molar-refractivity contribution in [1.29, 1.82) is 0 Å². The van der Waals surface area contributed by atoms with E-state index in [1.54, 1.807) is 55.5 Å². The second-order valence-corrected chi connectivity index (χ2v) is 9.13. The third-order valence-corrected chi connectivity index (χ3v) is 6.85. The highest BCUT2D eigenvalue weighted by Crippen LogP contribution is 2.22. The average molecular weight is 446 g/mol. The standard InChI is InChI=1S/C22H27N3O5S/c1-2-30-22(27)17-6-8-19(9-7-17)24-21(26)16-23-18-10-12-20(13-11-18)31(28,29)25-14-4-3-5-15-25/h6-13,23H,2-5,14-16H2,1H3,(H,24,26). The molecule has 0 saturated carbocycles. The second-order valence-electron chi connectivity index (χ2n) is 7.19. The minimum atomic E-state index is -3.47. The Morgan fingerprint density at radius 2 is 1.55 bits per heavy atom. The summed E-state index contributed by atoms with van der Waals surface area (Å²) in [6.45, 7) is 3.17. The van der Waals surface area contributed by atoms with Crippen LogP contribution in [0, 0.1) is 0 Å². The molecule has 2 N–H and O–H groups in total. The summed E-state index contributed by atoms with van der Waals surface area (Å²) >= 11 is 0. The van der Waals surface area contributed by atoms with E-state index >= 15 is 0 Å². The Morgan fingerprint density at radius 1 is 0.935 bits per heavy atom. The van der Waals surface area contributed by atoms with E-state index < -0.39 is 16.0 Å². The number of piperidine rings is 1. The molecule has 2 aromatic carbocycles.